The van der Waals surface area contributed by atoms with Crippen molar-refractivity contribution in [2.24, 2.45) is 0 Å². The van der Waals surface area contributed by atoms with Crippen LogP contribution in [0.5, 0.6) is 0 Å². The summed E-state index contributed by atoms with van der Waals surface area (Å²) in [4.78, 5) is 9.57. The van der Waals surface area contributed by atoms with Gasteiger partial charge in [-0.2, -0.15) is 0 Å². The first kappa shape index (κ1) is 16.2. The number of nitrogens with zero attached hydrogens (tertiary/aromatic N) is 3. The number of likely N-dealkylation sites (tertiary alicyclic amines) is 1. The molecule has 1 aliphatic rings. The van der Waals surface area contributed by atoms with Crippen molar-refractivity contribution in [2.45, 2.75) is 52.2 Å². The zero-order valence-electron chi connectivity index (χ0n) is 14.0. The van der Waals surface area contributed by atoms with Gasteiger partial charge in [-0.3, -0.25) is 0 Å². The van der Waals surface area contributed by atoms with Crippen LogP contribution in [0.4, 0.5) is 5.82 Å². The summed E-state index contributed by atoms with van der Waals surface area (Å²) in [5.41, 5.74) is 1.30. The summed E-state index contributed by atoms with van der Waals surface area (Å²) in [6.45, 7) is 11.1. The van der Waals surface area contributed by atoms with E-state index in [1.807, 2.05) is 12.3 Å². The molecule has 1 fully saturated rings. The van der Waals surface area contributed by atoms with Crippen LogP contribution < -0.4 is 10.2 Å². The van der Waals surface area contributed by atoms with Gasteiger partial charge in [-0.15, -0.1) is 0 Å². The fourth-order valence-electron chi connectivity index (χ4n) is 3.00. The van der Waals surface area contributed by atoms with Crippen LogP contribution in [0.1, 0.15) is 39.2 Å². The second kappa shape index (κ2) is 7.76. The van der Waals surface area contributed by atoms with Crippen LogP contribution in [0.15, 0.2) is 18.3 Å². The lowest BCUT2D eigenvalue weighted by Crippen LogP contribution is -2.44. The molecule has 0 amide bonds. The molecule has 1 N–H and O–H groups in total. The summed E-state index contributed by atoms with van der Waals surface area (Å²) in [6.07, 6.45) is 4.38. The molecule has 4 heteroatoms. The molecule has 0 atom stereocenters. The summed E-state index contributed by atoms with van der Waals surface area (Å²) in [6, 6.07) is 5.33. The molecule has 1 saturated heterocycles. The number of piperidine rings is 1. The third-order valence-corrected chi connectivity index (χ3v) is 4.45. The van der Waals surface area contributed by atoms with Crippen molar-refractivity contribution in [3.8, 4) is 0 Å². The lowest BCUT2D eigenvalue weighted by atomic mass is 10.0. The second-order valence-corrected chi connectivity index (χ2v) is 6.30. The van der Waals surface area contributed by atoms with E-state index in [-0.39, 0.29) is 0 Å². The highest BCUT2D eigenvalue weighted by atomic mass is 15.2. The minimum atomic E-state index is 0.496. The molecule has 2 rings (SSSR count). The summed E-state index contributed by atoms with van der Waals surface area (Å²) in [5.74, 6) is 1.14. The standard InChI is InChI=1S/C17H30N4/c1-5-21-11-8-16(9-12-21)20(4)17-15(7-6-10-18-17)13-19-14(2)3/h6-7,10,14,16,19H,5,8-9,11-13H2,1-4H3. The number of hydrogen-bond donors (Lipinski definition) is 1. The Labute approximate surface area is 129 Å². The summed E-state index contributed by atoms with van der Waals surface area (Å²) >= 11 is 0. The third kappa shape index (κ3) is 4.42. The predicted octanol–water partition coefficient (Wildman–Crippen LogP) is 2.50. The van der Waals surface area contributed by atoms with Crippen LogP contribution >= 0.6 is 0 Å². The van der Waals surface area contributed by atoms with E-state index in [0.717, 1.165) is 12.4 Å². The van der Waals surface area contributed by atoms with Gasteiger partial charge < -0.3 is 15.1 Å². The van der Waals surface area contributed by atoms with Crippen LogP contribution in [-0.4, -0.2) is 48.6 Å². The van der Waals surface area contributed by atoms with Crippen LogP contribution in [-0.2, 0) is 6.54 Å². The first-order chi connectivity index (χ1) is 10.1. The third-order valence-electron chi connectivity index (χ3n) is 4.45. The number of hydrogen-bond acceptors (Lipinski definition) is 4. The van der Waals surface area contributed by atoms with E-state index in [9.17, 15) is 0 Å². The van der Waals surface area contributed by atoms with E-state index >= 15 is 0 Å². The average Bonchev–Trinajstić information content (AvgIpc) is 2.52. The van der Waals surface area contributed by atoms with Gasteiger partial charge >= 0.3 is 0 Å². The van der Waals surface area contributed by atoms with Crippen molar-refractivity contribution >= 4 is 5.82 Å². The molecule has 0 aromatic carbocycles. The Morgan fingerprint density at radius 1 is 1.38 bits per heavy atom. The Kier molecular flexibility index (Phi) is 6.00. The van der Waals surface area contributed by atoms with Crippen molar-refractivity contribution < 1.29 is 0 Å². The van der Waals surface area contributed by atoms with E-state index in [2.05, 4.69) is 54.0 Å². The molecule has 2 heterocycles. The van der Waals surface area contributed by atoms with Crippen molar-refractivity contribution in [3.63, 3.8) is 0 Å². The van der Waals surface area contributed by atoms with Crippen LogP contribution in [0.25, 0.3) is 0 Å². The minimum absolute atomic E-state index is 0.496. The first-order valence-electron chi connectivity index (χ1n) is 8.24. The SMILES string of the molecule is CCN1CCC(N(C)c2ncccc2CNC(C)C)CC1. The van der Waals surface area contributed by atoms with Crippen molar-refractivity contribution in [1.82, 2.24) is 15.2 Å². The fraction of sp³-hybridized carbons (Fsp3) is 0.706. The highest BCUT2D eigenvalue weighted by Gasteiger charge is 2.23. The normalized spacial score (nSPS) is 17.4. The van der Waals surface area contributed by atoms with E-state index in [1.54, 1.807) is 0 Å². The number of nitrogens with one attached hydrogen (secondary N) is 1. The first-order valence-corrected chi connectivity index (χ1v) is 8.24. The number of rotatable bonds is 6. The molecule has 0 spiro atoms. The number of anilines is 1. The highest BCUT2D eigenvalue weighted by Crippen LogP contribution is 2.23. The number of aromatic nitrogens is 1. The Hall–Kier alpha value is -1.13. The smallest absolute Gasteiger partial charge is 0.133 e. The maximum absolute atomic E-state index is 4.64. The monoisotopic (exact) mass is 290 g/mol. The summed E-state index contributed by atoms with van der Waals surface area (Å²) in [7, 11) is 2.20. The minimum Gasteiger partial charge on any atom is -0.356 e. The van der Waals surface area contributed by atoms with E-state index < -0.39 is 0 Å². The molecule has 0 unspecified atom stereocenters. The molecule has 0 aliphatic carbocycles. The zero-order chi connectivity index (χ0) is 15.2. The van der Waals surface area contributed by atoms with Gasteiger partial charge in [0.25, 0.3) is 0 Å². The van der Waals surface area contributed by atoms with Gasteiger partial charge in [0, 0.05) is 50.5 Å². The molecule has 0 radical (unpaired) electrons. The van der Waals surface area contributed by atoms with Gasteiger partial charge in [-0.05, 0) is 25.5 Å². The van der Waals surface area contributed by atoms with Crippen LogP contribution in [0.2, 0.25) is 0 Å². The zero-order valence-corrected chi connectivity index (χ0v) is 14.0. The average molecular weight is 290 g/mol. The van der Waals surface area contributed by atoms with Crippen LogP contribution in [0.3, 0.4) is 0 Å². The Morgan fingerprint density at radius 2 is 2.10 bits per heavy atom. The molecule has 118 valence electrons. The Morgan fingerprint density at radius 3 is 2.71 bits per heavy atom. The van der Waals surface area contributed by atoms with Crippen molar-refractivity contribution in [2.75, 3.05) is 31.6 Å². The molecule has 4 nitrogen and oxygen atoms in total. The lowest BCUT2D eigenvalue weighted by molar-refractivity contribution is 0.220. The summed E-state index contributed by atoms with van der Waals surface area (Å²) in [5, 5.41) is 3.50. The van der Waals surface area contributed by atoms with Gasteiger partial charge in [0.15, 0.2) is 0 Å². The molecular weight excluding hydrogens is 260 g/mol. The number of pyridine rings is 1. The maximum atomic E-state index is 4.64. The molecule has 1 aromatic heterocycles. The van der Waals surface area contributed by atoms with E-state index in [0.29, 0.717) is 12.1 Å². The largest absolute Gasteiger partial charge is 0.356 e. The maximum Gasteiger partial charge on any atom is 0.133 e. The van der Waals surface area contributed by atoms with Crippen molar-refractivity contribution in [3.05, 3.63) is 23.9 Å². The van der Waals surface area contributed by atoms with Gasteiger partial charge in [0.2, 0.25) is 0 Å². The van der Waals surface area contributed by atoms with E-state index in [4.69, 9.17) is 0 Å². The predicted molar refractivity (Wildman–Crippen MR) is 89.8 cm³/mol. The molecular formula is C17H30N4. The highest BCUT2D eigenvalue weighted by molar-refractivity contribution is 5.47. The van der Waals surface area contributed by atoms with Gasteiger partial charge in [-0.1, -0.05) is 26.8 Å². The fourth-order valence-corrected chi connectivity index (χ4v) is 3.00. The molecule has 0 bridgehead atoms. The Bertz CT molecular complexity index is 425. The molecule has 1 aromatic rings. The van der Waals surface area contributed by atoms with E-state index in [1.165, 1.54) is 38.0 Å². The molecule has 1 aliphatic heterocycles. The van der Waals surface area contributed by atoms with Gasteiger partial charge in [-0.25, -0.2) is 4.98 Å². The Balaban J connectivity index is 2.03. The topological polar surface area (TPSA) is 31.4 Å². The van der Waals surface area contributed by atoms with Gasteiger partial charge in [0.1, 0.15) is 5.82 Å². The quantitative estimate of drug-likeness (QED) is 0.872. The lowest BCUT2D eigenvalue weighted by Gasteiger charge is -2.37. The summed E-state index contributed by atoms with van der Waals surface area (Å²) < 4.78 is 0. The van der Waals surface area contributed by atoms with Gasteiger partial charge in [0.05, 0.1) is 0 Å². The van der Waals surface area contributed by atoms with Crippen molar-refractivity contribution in [1.29, 1.82) is 0 Å². The second-order valence-electron chi connectivity index (χ2n) is 6.30. The molecule has 21 heavy (non-hydrogen) atoms. The van der Waals surface area contributed by atoms with Crippen LogP contribution in [0, 0.1) is 0 Å². The molecule has 0 saturated carbocycles.